The molecule has 2 nitrogen and oxygen atoms in total. The highest BCUT2D eigenvalue weighted by atomic mass is 35.5. The Morgan fingerprint density at radius 2 is 1.91 bits per heavy atom. The van der Waals surface area contributed by atoms with Crippen LogP contribution in [0.4, 0.5) is 0 Å². The number of aryl methyl sites for hydroxylation is 2. The summed E-state index contributed by atoms with van der Waals surface area (Å²) >= 11 is 12.1. The van der Waals surface area contributed by atoms with Crippen molar-refractivity contribution in [3.05, 3.63) is 63.1 Å². The molecule has 0 aliphatic heterocycles. The first-order valence-corrected chi connectivity index (χ1v) is 8.08. The van der Waals surface area contributed by atoms with Gasteiger partial charge in [-0.2, -0.15) is 0 Å². The van der Waals surface area contributed by atoms with Crippen molar-refractivity contribution in [2.75, 3.05) is 0 Å². The smallest absolute Gasteiger partial charge is 0.203 e. The number of benzene rings is 2. The van der Waals surface area contributed by atoms with E-state index in [9.17, 15) is 4.79 Å². The number of rotatable bonds is 4. The molecule has 0 unspecified atom stereocenters. The maximum atomic E-state index is 12.5. The van der Waals surface area contributed by atoms with Crippen molar-refractivity contribution < 1.29 is 9.53 Å². The zero-order chi connectivity index (χ0) is 15.7. The van der Waals surface area contributed by atoms with Crippen molar-refractivity contribution in [1.82, 2.24) is 0 Å². The van der Waals surface area contributed by atoms with Crippen LogP contribution in [0, 0.1) is 0 Å². The third-order valence-electron chi connectivity index (χ3n) is 3.97. The molecule has 0 radical (unpaired) electrons. The Bertz CT molecular complexity index is 725. The van der Waals surface area contributed by atoms with Crippen LogP contribution < -0.4 is 4.74 Å². The van der Waals surface area contributed by atoms with Gasteiger partial charge in [0.1, 0.15) is 10.8 Å². The van der Waals surface area contributed by atoms with E-state index in [1.54, 1.807) is 25.1 Å². The second kappa shape index (κ2) is 6.31. The Labute approximate surface area is 140 Å². The third-order valence-corrected chi connectivity index (χ3v) is 4.77. The van der Waals surface area contributed by atoms with E-state index in [4.69, 9.17) is 27.9 Å². The van der Waals surface area contributed by atoms with Gasteiger partial charge in [0.25, 0.3) is 0 Å². The number of carbonyl (C=O) groups is 1. The van der Waals surface area contributed by atoms with Gasteiger partial charge in [-0.05, 0) is 55.5 Å². The van der Waals surface area contributed by atoms with Crippen LogP contribution in [0.1, 0.15) is 34.8 Å². The summed E-state index contributed by atoms with van der Waals surface area (Å²) in [5.41, 5.74) is 3.31. The predicted molar refractivity (Wildman–Crippen MR) is 89.3 cm³/mol. The molecular formula is C18H16Cl2O2. The molecule has 0 saturated heterocycles. The van der Waals surface area contributed by atoms with E-state index in [0.29, 0.717) is 21.4 Å². The summed E-state index contributed by atoms with van der Waals surface area (Å²) in [4.78, 5) is 12.5. The predicted octanol–water partition coefficient (Wildman–Crippen LogP) is 5.13. The van der Waals surface area contributed by atoms with Crippen LogP contribution >= 0.6 is 23.2 Å². The van der Waals surface area contributed by atoms with E-state index in [2.05, 4.69) is 6.07 Å². The van der Waals surface area contributed by atoms with Gasteiger partial charge in [0, 0.05) is 5.56 Å². The molecule has 3 rings (SSSR count). The van der Waals surface area contributed by atoms with Gasteiger partial charge in [-0.25, -0.2) is 0 Å². The van der Waals surface area contributed by atoms with Crippen molar-refractivity contribution in [3.63, 3.8) is 0 Å². The highest BCUT2D eigenvalue weighted by Gasteiger charge is 2.20. The molecule has 0 spiro atoms. The van der Waals surface area contributed by atoms with Crippen molar-refractivity contribution in [2.45, 2.75) is 32.3 Å². The number of hydrogen-bond donors (Lipinski definition) is 0. The van der Waals surface area contributed by atoms with Crippen LogP contribution in [-0.4, -0.2) is 11.9 Å². The number of fused-ring (bicyclic) bond motifs is 1. The normalized spacial score (nSPS) is 14.5. The second-order valence-electron chi connectivity index (χ2n) is 5.51. The van der Waals surface area contributed by atoms with Gasteiger partial charge in [0.05, 0.1) is 5.02 Å². The summed E-state index contributed by atoms with van der Waals surface area (Å²) in [7, 11) is 0. The molecule has 1 aliphatic rings. The monoisotopic (exact) mass is 334 g/mol. The highest BCUT2D eigenvalue weighted by molar-refractivity contribution is 6.42. The molecule has 1 aliphatic carbocycles. The van der Waals surface area contributed by atoms with Crippen LogP contribution in [0.25, 0.3) is 0 Å². The topological polar surface area (TPSA) is 26.3 Å². The fraction of sp³-hybridized carbons (Fsp3) is 0.278. The van der Waals surface area contributed by atoms with Gasteiger partial charge in [-0.15, -0.1) is 0 Å². The van der Waals surface area contributed by atoms with Crippen LogP contribution in [-0.2, 0) is 12.8 Å². The Morgan fingerprint density at radius 3 is 2.73 bits per heavy atom. The van der Waals surface area contributed by atoms with Gasteiger partial charge in [0.15, 0.2) is 6.10 Å². The minimum absolute atomic E-state index is 0.0502. The summed E-state index contributed by atoms with van der Waals surface area (Å²) in [5.74, 6) is 0.377. The Morgan fingerprint density at radius 1 is 1.14 bits per heavy atom. The molecule has 2 aromatic rings. The molecule has 2 aromatic carbocycles. The molecule has 0 heterocycles. The minimum atomic E-state index is -0.615. The SMILES string of the molecule is C[C@@H](Oc1cccc(Cl)c1Cl)C(=O)c1ccc2c(c1)CCC2. The largest absolute Gasteiger partial charge is 0.481 e. The number of Topliss-reactive ketones (excluding diaryl/α,β-unsaturated/α-hetero) is 1. The van der Waals surface area contributed by atoms with E-state index in [1.165, 1.54) is 11.1 Å². The van der Waals surface area contributed by atoms with Gasteiger partial charge >= 0.3 is 0 Å². The average Bonchev–Trinajstić information content (AvgIpc) is 2.98. The van der Waals surface area contributed by atoms with Crippen LogP contribution in [0.5, 0.6) is 5.75 Å². The molecule has 0 aromatic heterocycles. The van der Waals surface area contributed by atoms with Gasteiger partial charge in [-0.1, -0.05) is 41.4 Å². The average molecular weight is 335 g/mol. The maximum absolute atomic E-state index is 12.5. The number of halogens is 2. The summed E-state index contributed by atoms with van der Waals surface area (Å²) in [6, 6.07) is 11.1. The Kier molecular flexibility index (Phi) is 4.42. The summed E-state index contributed by atoms with van der Waals surface area (Å²) < 4.78 is 5.70. The molecule has 0 saturated carbocycles. The summed E-state index contributed by atoms with van der Waals surface area (Å²) in [6.07, 6.45) is 2.70. The fourth-order valence-electron chi connectivity index (χ4n) is 2.78. The number of ketones is 1. The summed E-state index contributed by atoms with van der Waals surface area (Å²) in [6.45, 7) is 1.73. The van der Waals surface area contributed by atoms with Crippen molar-refractivity contribution in [1.29, 1.82) is 0 Å². The van der Waals surface area contributed by atoms with Crippen LogP contribution in [0.15, 0.2) is 36.4 Å². The number of ether oxygens (including phenoxy) is 1. The van der Waals surface area contributed by atoms with Crippen molar-refractivity contribution in [2.24, 2.45) is 0 Å². The molecule has 0 N–H and O–H groups in total. The molecule has 4 heteroatoms. The molecule has 1 atom stereocenters. The quantitative estimate of drug-likeness (QED) is 0.724. The Balaban J connectivity index is 1.78. The van der Waals surface area contributed by atoms with Crippen molar-refractivity contribution in [3.8, 4) is 5.75 Å². The lowest BCUT2D eigenvalue weighted by molar-refractivity contribution is 0.0818. The molecule has 0 amide bonds. The second-order valence-corrected chi connectivity index (χ2v) is 6.30. The first-order valence-electron chi connectivity index (χ1n) is 7.33. The Hall–Kier alpha value is -1.51. The number of hydrogen-bond acceptors (Lipinski definition) is 2. The standard InChI is InChI=1S/C18H16Cl2O2/c1-11(22-16-7-3-6-15(19)17(16)20)18(21)14-9-8-12-4-2-5-13(12)10-14/h3,6-11H,2,4-5H2,1H3/t11-/m1/s1. The third kappa shape index (κ3) is 2.99. The van der Waals surface area contributed by atoms with Crippen molar-refractivity contribution >= 4 is 29.0 Å². The van der Waals surface area contributed by atoms with Crippen LogP contribution in [0.2, 0.25) is 10.0 Å². The lowest BCUT2D eigenvalue weighted by atomic mass is 10.0. The maximum Gasteiger partial charge on any atom is 0.203 e. The van der Waals surface area contributed by atoms with E-state index in [0.717, 1.165) is 19.3 Å². The minimum Gasteiger partial charge on any atom is -0.481 e. The van der Waals surface area contributed by atoms with Gasteiger partial charge < -0.3 is 4.74 Å². The highest BCUT2D eigenvalue weighted by Crippen LogP contribution is 2.32. The molecular weight excluding hydrogens is 319 g/mol. The number of carbonyl (C=O) groups excluding carboxylic acids is 1. The zero-order valence-electron chi connectivity index (χ0n) is 12.2. The molecule has 22 heavy (non-hydrogen) atoms. The molecule has 0 fully saturated rings. The lowest BCUT2D eigenvalue weighted by Crippen LogP contribution is -2.24. The fourth-order valence-corrected chi connectivity index (χ4v) is 3.12. The molecule has 0 bridgehead atoms. The zero-order valence-corrected chi connectivity index (χ0v) is 13.7. The first-order chi connectivity index (χ1) is 10.6. The van der Waals surface area contributed by atoms with Crippen LogP contribution in [0.3, 0.4) is 0 Å². The van der Waals surface area contributed by atoms with Gasteiger partial charge in [0.2, 0.25) is 5.78 Å². The van der Waals surface area contributed by atoms with E-state index in [-0.39, 0.29) is 5.78 Å². The molecule has 114 valence electrons. The summed E-state index contributed by atoms with van der Waals surface area (Å²) in [5, 5.41) is 0.745. The first kappa shape index (κ1) is 15.4. The van der Waals surface area contributed by atoms with E-state index >= 15 is 0 Å². The van der Waals surface area contributed by atoms with E-state index in [1.807, 2.05) is 12.1 Å². The van der Waals surface area contributed by atoms with Gasteiger partial charge in [-0.3, -0.25) is 4.79 Å². The lowest BCUT2D eigenvalue weighted by Gasteiger charge is -2.15. The van der Waals surface area contributed by atoms with E-state index < -0.39 is 6.10 Å².